The zero-order chi connectivity index (χ0) is 13.3. The van der Waals surface area contributed by atoms with Crippen molar-refractivity contribution < 1.29 is 0 Å². The summed E-state index contributed by atoms with van der Waals surface area (Å²) in [6.07, 6.45) is 11.5. The molecule has 0 heterocycles. The molecule has 0 atom stereocenters. The third-order valence-corrected chi connectivity index (χ3v) is 3.06. The van der Waals surface area contributed by atoms with Gasteiger partial charge < -0.3 is 0 Å². The van der Waals surface area contributed by atoms with Gasteiger partial charge in [0, 0.05) is 0 Å². The van der Waals surface area contributed by atoms with Gasteiger partial charge in [0.15, 0.2) is 0 Å². The third kappa shape index (κ3) is 12.4. The molecule has 0 rings (SSSR count). The molecule has 2 heteroatoms. The van der Waals surface area contributed by atoms with Gasteiger partial charge >= 0.3 is 0 Å². The van der Waals surface area contributed by atoms with Gasteiger partial charge in [0.05, 0.1) is 3.74 Å². The Morgan fingerprint density at radius 1 is 0.882 bits per heavy atom. The van der Waals surface area contributed by atoms with Crippen LogP contribution in [0.1, 0.15) is 53.4 Å². The molecule has 0 aromatic carbocycles. The van der Waals surface area contributed by atoms with Gasteiger partial charge in [0.2, 0.25) is 0 Å². The fourth-order valence-corrected chi connectivity index (χ4v) is 2.44. The fourth-order valence-electron chi connectivity index (χ4n) is 1.54. The van der Waals surface area contributed by atoms with Gasteiger partial charge in [0.25, 0.3) is 0 Å². The third-order valence-electron chi connectivity index (χ3n) is 2.53. The van der Waals surface area contributed by atoms with E-state index in [0.717, 1.165) is 12.8 Å². The summed E-state index contributed by atoms with van der Waals surface area (Å²) in [5, 5.41) is 0. The summed E-state index contributed by atoms with van der Waals surface area (Å²) in [4.78, 5) is 0. The van der Waals surface area contributed by atoms with E-state index in [2.05, 4.69) is 77.8 Å². The molecule has 0 spiro atoms. The molecule has 0 aliphatic carbocycles. The SMILES string of the molecule is CC(C)=CCCC(C)=CCCC(C)=CC(Br)Br. The Balaban J connectivity index is 3.88. The Kier molecular flexibility index (Phi) is 10.2. The van der Waals surface area contributed by atoms with Crippen molar-refractivity contribution >= 4 is 31.9 Å². The van der Waals surface area contributed by atoms with Crippen LogP contribution in [0, 0.1) is 0 Å². The van der Waals surface area contributed by atoms with Crippen LogP contribution in [0.15, 0.2) is 34.9 Å². The normalized spacial score (nSPS) is 13.1. The zero-order valence-corrected chi connectivity index (χ0v) is 14.6. The van der Waals surface area contributed by atoms with Crippen LogP contribution < -0.4 is 0 Å². The number of hydrogen-bond donors (Lipinski definition) is 0. The van der Waals surface area contributed by atoms with E-state index in [0.29, 0.717) is 3.74 Å². The summed E-state index contributed by atoms with van der Waals surface area (Å²) in [5.41, 5.74) is 4.35. The van der Waals surface area contributed by atoms with E-state index in [1.165, 1.54) is 29.6 Å². The average Bonchev–Trinajstić information content (AvgIpc) is 2.15. The second kappa shape index (κ2) is 10.1. The molecule has 0 fully saturated rings. The molecule has 98 valence electrons. The minimum atomic E-state index is 0.303. The highest BCUT2D eigenvalue weighted by molar-refractivity contribution is 9.24. The van der Waals surface area contributed by atoms with Crippen molar-refractivity contribution in [1.29, 1.82) is 0 Å². The Morgan fingerprint density at radius 3 is 1.94 bits per heavy atom. The average molecular weight is 364 g/mol. The lowest BCUT2D eigenvalue weighted by atomic mass is 10.1. The molecule has 0 aromatic heterocycles. The molecule has 0 aliphatic rings. The topological polar surface area (TPSA) is 0 Å². The Labute approximate surface area is 124 Å². The summed E-state index contributed by atoms with van der Waals surface area (Å²) in [6, 6.07) is 0. The Bertz CT molecular complexity index is 292. The number of rotatable bonds is 7. The molecule has 0 radical (unpaired) electrons. The lowest BCUT2D eigenvalue weighted by Crippen LogP contribution is -1.83. The minimum Gasteiger partial charge on any atom is -0.0856 e. The Morgan fingerprint density at radius 2 is 1.41 bits per heavy atom. The molecule has 0 unspecified atom stereocenters. The first-order valence-corrected chi connectivity index (χ1v) is 7.99. The highest BCUT2D eigenvalue weighted by Gasteiger charge is 1.95. The van der Waals surface area contributed by atoms with Crippen molar-refractivity contribution in [2.45, 2.75) is 57.1 Å². The maximum Gasteiger partial charge on any atom is 0.0880 e. The predicted molar refractivity (Wildman–Crippen MR) is 87.1 cm³/mol. The summed E-state index contributed by atoms with van der Waals surface area (Å²) in [6.45, 7) is 8.73. The van der Waals surface area contributed by atoms with Crippen LogP contribution in [0.5, 0.6) is 0 Å². The van der Waals surface area contributed by atoms with Crippen molar-refractivity contribution in [2.24, 2.45) is 0 Å². The molecule has 0 saturated heterocycles. The van der Waals surface area contributed by atoms with E-state index < -0.39 is 0 Å². The maximum atomic E-state index is 3.46. The molecule has 0 aromatic rings. The van der Waals surface area contributed by atoms with E-state index in [4.69, 9.17) is 0 Å². The van der Waals surface area contributed by atoms with Crippen LogP contribution in [0.3, 0.4) is 0 Å². The summed E-state index contributed by atoms with van der Waals surface area (Å²) >= 11 is 6.92. The molecule has 0 nitrogen and oxygen atoms in total. The first-order valence-electron chi connectivity index (χ1n) is 6.16. The van der Waals surface area contributed by atoms with Crippen molar-refractivity contribution in [3.63, 3.8) is 0 Å². The maximum absolute atomic E-state index is 3.46. The molecule has 17 heavy (non-hydrogen) atoms. The van der Waals surface area contributed by atoms with Gasteiger partial charge in [-0.15, -0.1) is 0 Å². The van der Waals surface area contributed by atoms with Crippen molar-refractivity contribution in [2.75, 3.05) is 0 Å². The van der Waals surface area contributed by atoms with Crippen LogP contribution >= 0.6 is 31.9 Å². The highest BCUT2D eigenvalue weighted by Crippen LogP contribution is 2.16. The predicted octanol–water partition coefficient (Wildman–Crippen LogP) is 6.52. The van der Waals surface area contributed by atoms with Crippen LogP contribution in [-0.2, 0) is 0 Å². The number of allylic oxidation sites excluding steroid dienone is 6. The van der Waals surface area contributed by atoms with Crippen LogP contribution in [0.25, 0.3) is 0 Å². The van der Waals surface area contributed by atoms with E-state index in [-0.39, 0.29) is 0 Å². The Hall–Kier alpha value is 0.180. The van der Waals surface area contributed by atoms with Crippen molar-refractivity contribution in [1.82, 2.24) is 0 Å². The lowest BCUT2D eigenvalue weighted by Gasteiger charge is -2.02. The molecule has 0 aliphatic heterocycles. The van der Waals surface area contributed by atoms with Gasteiger partial charge in [-0.1, -0.05) is 66.8 Å². The first-order chi connectivity index (χ1) is 7.91. The fraction of sp³-hybridized carbons (Fsp3) is 0.600. The molecular weight excluding hydrogens is 340 g/mol. The van der Waals surface area contributed by atoms with E-state index in [1.807, 2.05) is 0 Å². The van der Waals surface area contributed by atoms with E-state index in [9.17, 15) is 0 Å². The standard InChI is InChI=1S/C15H24Br2/c1-12(2)7-5-8-13(3)9-6-10-14(4)11-15(16)17/h7,9,11,15H,5-6,8,10H2,1-4H3. The van der Waals surface area contributed by atoms with Gasteiger partial charge in [-0.2, -0.15) is 0 Å². The molecule has 0 amide bonds. The van der Waals surface area contributed by atoms with Crippen LogP contribution in [0.2, 0.25) is 0 Å². The smallest absolute Gasteiger partial charge is 0.0856 e. The summed E-state index contributed by atoms with van der Waals surface area (Å²) in [5.74, 6) is 0. The second-order valence-corrected chi connectivity index (χ2v) is 7.96. The highest BCUT2D eigenvalue weighted by atomic mass is 79.9. The summed E-state index contributed by atoms with van der Waals surface area (Å²) < 4.78 is 0.303. The quantitative estimate of drug-likeness (QED) is 0.356. The molecule has 0 saturated carbocycles. The van der Waals surface area contributed by atoms with Crippen molar-refractivity contribution in [3.05, 3.63) is 34.9 Å². The zero-order valence-electron chi connectivity index (χ0n) is 11.4. The van der Waals surface area contributed by atoms with Crippen molar-refractivity contribution in [3.8, 4) is 0 Å². The van der Waals surface area contributed by atoms with E-state index >= 15 is 0 Å². The van der Waals surface area contributed by atoms with Gasteiger partial charge in [0.1, 0.15) is 0 Å². The number of alkyl halides is 2. The largest absolute Gasteiger partial charge is 0.0880 e. The monoisotopic (exact) mass is 362 g/mol. The first kappa shape index (κ1) is 17.2. The van der Waals surface area contributed by atoms with Crippen LogP contribution in [0.4, 0.5) is 0 Å². The van der Waals surface area contributed by atoms with Gasteiger partial charge in [-0.05, 0) is 53.4 Å². The summed E-state index contributed by atoms with van der Waals surface area (Å²) in [7, 11) is 0. The molecular formula is C15H24Br2. The second-order valence-electron chi connectivity index (χ2n) is 4.76. The molecule has 0 bridgehead atoms. The number of hydrogen-bond acceptors (Lipinski definition) is 0. The number of halogens is 2. The van der Waals surface area contributed by atoms with Gasteiger partial charge in [-0.3, -0.25) is 0 Å². The van der Waals surface area contributed by atoms with Crippen LogP contribution in [-0.4, -0.2) is 3.74 Å². The minimum absolute atomic E-state index is 0.303. The molecule has 0 N–H and O–H groups in total. The van der Waals surface area contributed by atoms with Gasteiger partial charge in [-0.25, -0.2) is 0 Å². The van der Waals surface area contributed by atoms with E-state index in [1.54, 1.807) is 0 Å². The lowest BCUT2D eigenvalue weighted by molar-refractivity contribution is 0.917.